The lowest BCUT2D eigenvalue weighted by Gasteiger charge is -2.11. The van der Waals surface area contributed by atoms with Crippen LogP contribution in [0.5, 0.6) is 0 Å². The van der Waals surface area contributed by atoms with Gasteiger partial charge in [-0.3, -0.25) is 4.79 Å². The maximum atomic E-state index is 12.3. The molecule has 0 saturated heterocycles. The van der Waals surface area contributed by atoms with Crippen LogP contribution in [-0.2, 0) is 6.54 Å². The highest BCUT2D eigenvalue weighted by atomic mass is 35.5. The minimum atomic E-state index is -0.313. The molecular weight excluding hydrogens is 328 g/mol. The molecule has 3 aromatic rings. The quantitative estimate of drug-likeness (QED) is 0.768. The van der Waals surface area contributed by atoms with Gasteiger partial charge in [-0.05, 0) is 24.6 Å². The predicted octanol–water partition coefficient (Wildman–Crippen LogP) is 2.26. The number of nitrogens with one attached hydrogen (secondary N) is 1. The van der Waals surface area contributed by atoms with Crippen molar-refractivity contribution in [2.45, 2.75) is 19.5 Å². The zero-order chi connectivity index (χ0) is 16.9. The van der Waals surface area contributed by atoms with Crippen molar-refractivity contribution in [3.63, 3.8) is 0 Å². The van der Waals surface area contributed by atoms with Gasteiger partial charge in [-0.1, -0.05) is 35.0 Å². The number of aromatic nitrogens is 5. The molecule has 0 aliphatic heterocycles. The Morgan fingerprint density at radius 2 is 2.17 bits per heavy atom. The lowest BCUT2D eigenvalue weighted by atomic mass is 10.2. The molecule has 0 saturated carbocycles. The first kappa shape index (κ1) is 16.1. The highest BCUT2D eigenvalue weighted by Crippen LogP contribution is 2.16. The molecule has 8 heteroatoms. The average Bonchev–Trinajstić information content (AvgIpc) is 3.06. The first-order valence-corrected chi connectivity index (χ1v) is 7.71. The van der Waals surface area contributed by atoms with Gasteiger partial charge in [0.25, 0.3) is 5.91 Å². The molecule has 122 valence electrons. The highest BCUT2D eigenvalue weighted by Gasteiger charge is 2.15. The summed E-state index contributed by atoms with van der Waals surface area (Å²) in [6.07, 6.45) is 4.66. The van der Waals surface area contributed by atoms with E-state index in [-0.39, 0.29) is 17.6 Å². The summed E-state index contributed by atoms with van der Waals surface area (Å²) in [4.78, 5) is 20.2. The number of benzene rings is 1. The van der Waals surface area contributed by atoms with Crippen molar-refractivity contribution >= 4 is 17.5 Å². The van der Waals surface area contributed by atoms with Crippen molar-refractivity contribution in [3.05, 3.63) is 71.0 Å². The molecule has 0 bridgehead atoms. The molecule has 1 aromatic carbocycles. The number of rotatable bonds is 5. The van der Waals surface area contributed by atoms with E-state index < -0.39 is 0 Å². The zero-order valence-corrected chi connectivity index (χ0v) is 13.7. The Morgan fingerprint density at radius 3 is 2.92 bits per heavy atom. The van der Waals surface area contributed by atoms with E-state index in [9.17, 15) is 4.79 Å². The standard InChI is InChI=1S/C16H15ClN6O/c1-11(14-6-7-18-10-19-14)20-16(24)15-9-23(22-21-15)8-12-4-2-3-5-13(12)17/h2-7,9-11H,8H2,1H3,(H,20,24). The van der Waals surface area contributed by atoms with Gasteiger partial charge in [-0.25, -0.2) is 14.6 Å². The van der Waals surface area contributed by atoms with Gasteiger partial charge in [0.15, 0.2) is 5.69 Å². The van der Waals surface area contributed by atoms with Crippen molar-refractivity contribution in [1.29, 1.82) is 0 Å². The third-order valence-electron chi connectivity index (χ3n) is 3.46. The Balaban J connectivity index is 1.67. The molecular formula is C16H15ClN6O. The van der Waals surface area contributed by atoms with Crippen LogP contribution in [0, 0.1) is 0 Å². The number of amides is 1. The van der Waals surface area contributed by atoms with Crippen molar-refractivity contribution < 1.29 is 4.79 Å². The minimum Gasteiger partial charge on any atom is -0.342 e. The van der Waals surface area contributed by atoms with E-state index >= 15 is 0 Å². The molecule has 1 atom stereocenters. The molecule has 0 fully saturated rings. The number of nitrogens with zero attached hydrogens (tertiary/aromatic N) is 5. The second-order valence-corrected chi connectivity index (χ2v) is 5.63. The summed E-state index contributed by atoms with van der Waals surface area (Å²) in [5.74, 6) is -0.313. The molecule has 1 N–H and O–H groups in total. The van der Waals surface area contributed by atoms with Crippen LogP contribution in [0.25, 0.3) is 0 Å². The van der Waals surface area contributed by atoms with E-state index in [2.05, 4.69) is 25.6 Å². The Bertz CT molecular complexity index is 835. The second kappa shape index (κ2) is 7.18. The van der Waals surface area contributed by atoms with Gasteiger partial charge >= 0.3 is 0 Å². The number of carbonyl (C=O) groups is 1. The maximum absolute atomic E-state index is 12.3. The molecule has 1 amide bonds. The summed E-state index contributed by atoms with van der Waals surface area (Å²) in [5, 5.41) is 11.4. The van der Waals surface area contributed by atoms with Crippen LogP contribution in [0.15, 0.2) is 49.1 Å². The summed E-state index contributed by atoms with van der Waals surface area (Å²) < 4.78 is 1.57. The fourth-order valence-corrected chi connectivity index (χ4v) is 2.38. The number of halogens is 1. The van der Waals surface area contributed by atoms with Crippen LogP contribution in [0.1, 0.15) is 34.7 Å². The van der Waals surface area contributed by atoms with Gasteiger partial charge in [0.1, 0.15) is 6.33 Å². The summed E-state index contributed by atoms with van der Waals surface area (Å²) in [7, 11) is 0. The fraction of sp³-hybridized carbons (Fsp3) is 0.188. The molecule has 3 rings (SSSR count). The number of hydrogen-bond donors (Lipinski definition) is 1. The fourth-order valence-electron chi connectivity index (χ4n) is 2.18. The third-order valence-corrected chi connectivity index (χ3v) is 3.83. The first-order valence-electron chi connectivity index (χ1n) is 7.34. The van der Waals surface area contributed by atoms with Crippen LogP contribution in [0.3, 0.4) is 0 Å². The van der Waals surface area contributed by atoms with Crippen molar-refractivity contribution in [1.82, 2.24) is 30.3 Å². The molecule has 0 radical (unpaired) electrons. The first-order chi connectivity index (χ1) is 11.6. The van der Waals surface area contributed by atoms with Crippen LogP contribution >= 0.6 is 11.6 Å². The number of carbonyl (C=O) groups excluding carboxylic acids is 1. The van der Waals surface area contributed by atoms with Crippen molar-refractivity contribution in [3.8, 4) is 0 Å². The monoisotopic (exact) mass is 342 g/mol. The second-order valence-electron chi connectivity index (χ2n) is 5.22. The van der Waals surface area contributed by atoms with E-state index in [1.165, 1.54) is 6.33 Å². The predicted molar refractivity (Wildman–Crippen MR) is 88.5 cm³/mol. The summed E-state index contributed by atoms with van der Waals surface area (Å²) in [6, 6.07) is 8.97. The largest absolute Gasteiger partial charge is 0.342 e. The zero-order valence-electron chi connectivity index (χ0n) is 12.9. The van der Waals surface area contributed by atoms with E-state index in [1.807, 2.05) is 31.2 Å². The van der Waals surface area contributed by atoms with Gasteiger partial charge in [-0.15, -0.1) is 5.10 Å². The maximum Gasteiger partial charge on any atom is 0.273 e. The van der Waals surface area contributed by atoms with Crippen LogP contribution in [0.2, 0.25) is 5.02 Å². The summed E-state index contributed by atoms with van der Waals surface area (Å²) in [6.45, 7) is 2.29. The topological polar surface area (TPSA) is 85.6 Å². The molecule has 0 aliphatic carbocycles. The van der Waals surface area contributed by atoms with Gasteiger partial charge < -0.3 is 5.32 Å². The average molecular weight is 343 g/mol. The van der Waals surface area contributed by atoms with Crippen LogP contribution in [-0.4, -0.2) is 30.9 Å². The highest BCUT2D eigenvalue weighted by molar-refractivity contribution is 6.31. The van der Waals surface area contributed by atoms with Gasteiger partial charge in [0, 0.05) is 11.2 Å². The molecule has 0 spiro atoms. The Labute approximate surface area is 143 Å². The van der Waals surface area contributed by atoms with Crippen LogP contribution in [0.4, 0.5) is 0 Å². The third kappa shape index (κ3) is 3.75. The van der Waals surface area contributed by atoms with Crippen LogP contribution < -0.4 is 5.32 Å². The van der Waals surface area contributed by atoms with E-state index in [4.69, 9.17) is 11.6 Å². The van der Waals surface area contributed by atoms with Gasteiger partial charge in [0.05, 0.1) is 24.5 Å². The molecule has 24 heavy (non-hydrogen) atoms. The minimum absolute atomic E-state index is 0.239. The molecule has 1 unspecified atom stereocenters. The lowest BCUT2D eigenvalue weighted by Crippen LogP contribution is -2.27. The smallest absolute Gasteiger partial charge is 0.273 e. The number of hydrogen-bond acceptors (Lipinski definition) is 5. The van der Waals surface area contributed by atoms with Crippen molar-refractivity contribution in [2.75, 3.05) is 0 Å². The van der Waals surface area contributed by atoms with Gasteiger partial charge in [0.2, 0.25) is 0 Å². The molecule has 2 aromatic heterocycles. The van der Waals surface area contributed by atoms with E-state index in [1.54, 1.807) is 23.1 Å². The molecule has 0 aliphatic rings. The van der Waals surface area contributed by atoms with E-state index in [0.717, 1.165) is 11.3 Å². The Kier molecular flexibility index (Phi) is 4.81. The Morgan fingerprint density at radius 1 is 1.33 bits per heavy atom. The summed E-state index contributed by atoms with van der Waals surface area (Å²) >= 11 is 6.13. The van der Waals surface area contributed by atoms with Gasteiger partial charge in [-0.2, -0.15) is 0 Å². The lowest BCUT2D eigenvalue weighted by molar-refractivity contribution is 0.0934. The van der Waals surface area contributed by atoms with E-state index in [0.29, 0.717) is 11.6 Å². The molecule has 2 heterocycles. The SMILES string of the molecule is CC(NC(=O)c1cn(Cc2ccccc2Cl)nn1)c1ccncn1. The summed E-state index contributed by atoms with van der Waals surface area (Å²) in [5.41, 5.74) is 1.87. The molecule has 7 nitrogen and oxygen atoms in total. The Hall–Kier alpha value is -2.80. The normalized spacial score (nSPS) is 11.9. The van der Waals surface area contributed by atoms with Crippen molar-refractivity contribution in [2.24, 2.45) is 0 Å².